The molecule has 0 heterocycles. The molecule has 0 aliphatic rings. The van der Waals surface area contributed by atoms with E-state index in [1.807, 2.05) is 58.0 Å². The highest BCUT2D eigenvalue weighted by molar-refractivity contribution is 7.89. The smallest absolute Gasteiger partial charge is 0.213 e. The summed E-state index contributed by atoms with van der Waals surface area (Å²) in [5, 5.41) is 3.29. The third kappa shape index (κ3) is 5.72. The molecule has 1 aromatic rings. The molecule has 19 heavy (non-hydrogen) atoms. The standard InChI is InChI=1S/C14H24N2O2S/c1-12(2)16-19(17,18)11-10-15-14(3,4)13-8-6-5-7-9-13/h5-9,12,15-16H,10-11H2,1-4H3. The minimum Gasteiger partial charge on any atom is -0.307 e. The molecule has 108 valence electrons. The Hall–Kier alpha value is -0.910. The average molecular weight is 284 g/mol. The minimum absolute atomic E-state index is 0.0628. The molecule has 4 nitrogen and oxygen atoms in total. The molecule has 1 aromatic carbocycles. The van der Waals surface area contributed by atoms with Crippen LogP contribution in [0, 0.1) is 0 Å². The van der Waals surface area contributed by atoms with Crippen LogP contribution in [0.4, 0.5) is 0 Å². The van der Waals surface area contributed by atoms with E-state index in [-0.39, 0.29) is 17.3 Å². The fourth-order valence-corrected chi connectivity index (χ4v) is 3.08. The van der Waals surface area contributed by atoms with Crippen molar-refractivity contribution in [3.8, 4) is 0 Å². The maximum atomic E-state index is 11.7. The zero-order valence-corrected chi connectivity index (χ0v) is 12.9. The maximum absolute atomic E-state index is 11.7. The molecule has 0 radical (unpaired) electrons. The van der Waals surface area contributed by atoms with Crippen molar-refractivity contribution in [2.24, 2.45) is 0 Å². The summed E-state index contributed by atoms with van der Waals surface area (Å²) in [6.45, 7) is 8.15. The van der Waals surface area contributed by atoms with E-state index in [9.17, 15) is 8.42 Å². The lowest BCUT2D eigenvalue weighted by Crippen LogP contribution is -2.42. The number of hydrogen-bond donors (Lipinski definition) is 2. The van der Waals surface area contributed by atoms with Crippen molar-refractivity contribution in [1.82, 2.24) is 10.0 Å². The highest BCUT2D eigenvalue weighted by Gasteiger charge is 2.20. The van der Waals surface area contributed by atoms with Gasteiger partial charge in [-0.3, -0.25) is 0 Å². The van der Waals surface area contributed by atoms with E-state index in [0.717, 1.165) is 5.56 Å². The molecule has 2 N–H and O–H groups in total. The molecule has 1 rings (SSSR count). The lowest BCUT2D eigenvalue weighted by molar-refractivity contribution is 0.415. The van der Waals surface area contributed by atoms with E-state index in [1.165, 1.54) is 0 Å². The van der Waals surface area contributed by atoms with Gasteiger partial charge in [-0.15, -0.1) is 0 Å². The van der Waals surface area contributed by atoms with Gasteiger partial charge in [0, 0.05) is 18.1 Å². The quantitative estimate of drug-likeness (QED) is 0.803. The van der Waals surface area contributed by atoms with Crippen molar-refractivity contribution < 1.29 is 8.42 Å². The van der Waals surface area contributed by atoms with Gasteiger partial charge < -0.3 is 5.32 Å². The van der Waals surface area contributed by atoms with E-state index in [4.69, 9.17) is 0 Å². The van der Waals surface area contributed by atoms with Crippen LogP contribution in [0.1, 0.15) is 33.3 Å². The van der Waals surface area contributed by atoms with Gasteiger partial charge in [0.15, 0.2) is 0 Å². The van der Waals surface area contributed by atoms with Gasteiger partial charge >= 0.3 is 0 Å². The molecule has 0 aromatic heterocycles. The van der Waals surface area contributed by atoms with E-state index >= 15 is 0 Å². The third-order valence-corrected chi connectivity index (χ3v) is 4.42. The van der Waals surface area contributed by atoms with Crippen LogP contribution in [-0.2, 0) is 15.6 Å². The summed E-state index contributed by atoms with van der Waals surface area (Å²) in [6.07, 6.45) is 0. The van der Waals surface area contributed by atoms with E-state index in [1.54, 1.807) is 0 Å². The molecular formula is C14H24N2O2S. The van der Waals surface area contributed by atoms with Crippen molar-refractivity contribution in [2.45, 2.75) is 39.3 Å². The summed E-state index contributed by atoms with van der Waals surface area (Å²) in [5.74, 6) is 0.0848. The Bertz CT molecular complexity index is 481. The van der Waals surface area contributed by atoms with Crippen molar-refractivity contribution >= 4 is 10.0 Å². The third-order valence-electron chi connectivity index (χ3n) is 2.85. The molecule has 0 bridgehead atoms. The predicted octanol–water partition coefficient (Wildman–Crippen LogP) is 1.84. The fraction of sp³-hybridized carbons (Fsp3) is 0.571. The van der Waals surface area contributed by atoms with Crippen LogP contribution in [0.3, 0.4) is 0 Å². The van der Waals surface area contributed by atoms with Crippen LogP contribution in [-0.4, -0.2) is 26.8 Å². The lowest BCUT2D eigenvalue weighted by atomic mass is 9.94. The second kappa shape index (κ2) is 6.50. The van der Waals surface area contributed by atoms with Crippen LogP contribution in [0.2, 0.25) is 0 Å². The number of sulfonamides is 1. The van der Waals surface area contributed by atoms with Crippen LogP contribution in [0.25, 0.3) is 0 Å². The van der Waals surface area contributed by atoms with Gasteiger partial charge in [-0.2, -0.15) is 0 Å². The van der Waals surface area contributed by atoms with E-state index < -0.39 is 10.0 Å². The number of hydrogen-bond acceptors (Lipinski definition) is 3. The van der Waals surface area contributed by atoms with Crippen LogP contribution < -0.4 is 10.0 Å². The normalized spacial score (nSPS) is 12.9. The number of nitrogens with one attached hydrogen (secondary N) is 2. The summed E-state index contributed by atoms with van der Waals surface area (Å²) in [7, 11) is -3.20. The Kier molecular flexibility index (Phi) is 5.52. The Labute approximate surface area is 116 Å². The van der Waals surface area contributed by atoms with Gasteiger partial charge in [-0.05, 0) is 33.3 Å². The summed E-state index contributed by atoms with van der Waals surface area (Å²) in [5.41, 5.74) is 0.901. The van der Waals surface area contributed by atoms with Gasteiger partial charge in [-0.25, -0.2) is 13.1 Å². The van der Waals surface area contributed by atoms with Crippen molar-refractivity contribution in [3.05, 3.63) is 35.9 Å². The van der Waals surface area contributed by atoms with Crippen molar-refractivity contribution in [2.75, 3.05) is 12.3 Å². The largest absolute Gasteiger partial charge is 0.307 e. The second-order valence-corrected chi connectivity index (χ2v) is 7.38. The fourth-order valence-electron chi connectivity index (χ4n) is 1.87. The molecule has 0 spiro atoms. The molecule has 0 unspecified atom stereocenters. The monoisotopic (exact) mass is 284 g/mol. The zero-order valence-electron chi connectivity index (χ0n) is 12.1. The summed E-state index contributed by atoms with van der Waals surface area (Å²) in [6, 6.07) is 9.94. The van der Waals surface area contributed by atoms with Crippen LogP contribution >= 0.6 is 0 Å². The average Bonchev–Trinajstić information content (AvgIpc) is 2.27. The molecule has 0 saturated heterocycles. The Morgan fingerprint density at radius 1 is 1.16 bits per heavy atom. The van der Waals surface area contributed by atoms with Gasteiger partial charge in [0.25, 0.3) is 0 Å². The molecular weight excluding hydrogens is 260 g/mol. The molecule has 0 aliphatic carbocycles. The highest BCUT2D eigenvalue weighted by atomic mass is 32.2. The second-order valence-electron chi connectivity index (χ2n) is 5.51. The van der Waals surface area contributed by atoms with Gasteiger partial charge in [0.2, 0.25) is 10.0 Å². The molecule has 0 aliphatic heterocycles. The Morgan fingerprint density at radius 2 is 1.74 bits per heavy atom. The zero-order chi connectivity index (χ0) is 14.5. The first-order valence-corrected chi connectivity index (χ1v) is 8.19. The highest BCUT2D eigenvalue weighted by Crippen LogP contribution is 2.18. The topological polar surface area (TPSA) is 58.2 Å². The molecule has 5 heteroatoms. The van der Waals surface area contributed by atoms with E-state index in [0.29, 0.717) is 6.54 Å². The van der Waals surface area contributed by atoms with Crippen LogP contribution in [0.5, 0.6) is 0 Å². The summed E-state index contributed by atoms with van der Waals surface area (Å²) >= 11 is 0. The SMILES string of the molecule is CC(C)NS(=O)(=O)CCNC(C)(C)c1ccccc1. The predicted molar refractivity (Wildman–Crippen MR) is 79.5 cm³/mol. The maximum Gasteiger partial charge on any atom is 0.213 e. The molecule has 0 atom stereocenters. The Morgan fingerprint density at radius 3 is 2.26 bits per heavy atom. The number of benzene rings is 1. The first-order chi connectivity index (χ1) is 8.73. The van der Waals surface area contributed by atoms with Gasteiger partial charge in [-0.1, -0.05) is 30.3 Å². The van der Waals surface area contributed by atoms with Crippen molar-refractivity contribution in [3.63, 3.8) is 0 Å². The van der Waals surface area contributed by atoms with Crippen molar-refractivity contribution in [1.29, 1.82) is 0 Å². The summed E-state index contributed by atoms with van der Waals surface area (Å²) < 4.78 is 26.0. The van der Waals surface area contributed by atoms with Gasteiger partial charge in [0.1, 0.15) is 0 Å². The first-order valence-electron chi connectivity index (χ1n) is 6.53. The van der Waals surface area contributed by atoms with Crippen LogP contribution in [0.15, 0.2) is 30.3 Å². The number of rotatable bonds is 7. The first kappa shape index (κ1) is 16.1. The molecule has 0 fully saturated rings. The Balaban J connectivity index is 2.53. The summed E-state index contributed by atoms with van der Waals surface area (Å²) in [4.78, 5) is 0. The minimum atomic E-state index is -3.20. The molecule has 0 amide bonds. The van der Waals surface area contributed by atoms with Gasteiger partial charge in [0.05, 0.1) is 5.75 Å². The molecule has 0 saturated carbocycles. The lowest BCUT2D eigenvalue weighted by Gasteiger charge is -2.27. The van der Waals surface area contributed by atoms with E-state index in [2.05, 4.69) is 10.0 Å².